The Bertz CT molecular complexity index is 458. The highest BCUT2D eigenvalue weighted by molar-refractivity contribution is 9.10. The quantitative estimate of drug-likeness (QED) is 0.763. The summed E-state index contributed by atoms with van der Waals surface area (Å²) in [6.45, 7) is 0.294. The number of halogens is 2. The Morgan fingerprint density at radius 3 is 2.50 bits per heavy atom. The van der Waals surface area contributed by atoms with E-state index < -0.39 is 10.0 Å². The lowest BCUT2D eigenvalue weighted by atomic mass is 10.3. The van der Waals surface area contributed by atoms with Crippen molar-refractivity contribution in [3.63, 3.8) is 0 Å². The van der Waals surface area contributed by atoms with E-state index in [1.165, 1.54) is 19.2 Å². The molecule has 0 aliphatic rings. The van der Waals surface area contributed by atoms with Gasteiger partial charge in [0.25, 0.3) is 0 Å². The molecule has 4 nitrogen and oxygen atoms in total. The van der Waals surface area contributed by atoms with Crippen molar-refractivity contribution in [2.75, 3.05) is 19.6 Å². The molecule has 0 fully saturated rings. The Balaban J connectivity index is 2.82. The van der Waals surface area contributed by atoms with Crippen molar-refractivity contribution >= 4 is 37.6 Å². The SMILES string of the molecule is COCC(CCCl)NS(=O)(=O)c1ccc(Br)cc1. The number of alkyl halides is 1. The fourth-order valence-electron chi connectivity index (χ4n) is 1.41. The molecular formula is C11H15BrClNO3S. The zero-order valence-electron chi connectivity index (χ0n) is 9.90. The van der Waals surface area contributed by atoms with Crippen molar-refractivity contribution in [1.29, 1.82) is 0 Å². The van der Waals surface area contributed by atoms with Gasteiger partial charge in [0, 0.05) is 23.5 Å². The molecule has 1 atom stereocenters. The van der Waals surface area contributed by atoms with Gasteiger partial charge >= 0.3 is 0 Å². The summed E-state index contributed by atoms with van der Waals surface area (Å²) in [5, 5.41) is 0. The maximum absolute atomic E-state index is 12.1. The van der Waals surface area contributed by atoms with Gasteiger partial charge in [-0.25, -0.2) is 13.1 Å². The standard InChI is InChI=1S/C11H15BrClNO3S/c1-17-8-10(6-7-13)14-18(15,16)11-4-2-9(12)3-5-11/h2-5,10,14H,6-8H2,1H3. The number of methoxy groups -OCH3 is 1. The summed E-state index contributed by atoms with van der Waals surface area (Å²) in [6.07, 6.45) is 0.519. The summed E-state index contributed by atoms with van der Waals surface area (Å²) in [5.74, 6) is 0.372. The number of sulfonamides is 1. The fourth-order valence-corrected chi connectivity index (χ4v) is 3.19. The van der Waals surface area contributed by atoms with Gasteiger partial charge < -0.3 is 4.74 Å². The minimum atomic E-state index is -3.53. The van der Waals surface area contributed by atoms with Gasteiger partial charge in [0.05, 0.1) is 11.5 Å². The molecule has 0 aliphatic carbocycles. The van der Waals surface area contributed by atoms with E-state index in [0.717, 1.165) is 4.47 Å². The Labute approximate surface area is 121 Å². The van der Waals surface area contributed by atoms with Gasteiger partial charge in [-0.05, 0) is 30.7 Å². The average molecular weight is 357 g/mol. The molecule has 1 aromatic carbocycles. The van der Waals surface area contributed by atoms with Crippen LogP contribution in [-0.4, -0.2) is 34.1 Å². The van der Waals surface area contributed by atoms with Crippen LogP contribution in [0, 0.1) is 0 Å². The molecule has 1 aromatic rings. The second-order valence-electron chi connectivity index (χ2n) is 3.71. The van der Waals surface area contributed by atoms with E-state index >= 15 is 0 Å². The predicted octanol–water partition coefficient (Wildman–Crippen LogP) is 2.37. The minimum Gasteiger partial charge on any atom is -0.383 e. The molecule has 0 spiro atoms. The van der Waals surface area contributed by atoms with Crippen LogP contribution in [0.25, 0.3) is 0 Å². The molecule has 1 rings (SSSR count). The molecule has 0 saturated heterocycles. The van der Waals surface area contributed by atoms with Crippen LogP contribution in [-0.2, 0) is 14.8 Å². The molecule has 0 aromatic heterocycles. The number of hydrogen-bond donors (Lipinski definition) is 1. The molecule has 0 amide bonds. The first kappa shape index (κ1) is 15.9. The predicted molar refractivity (Wildman–Crippen MR) is 75.5 cm³/mol. The summed E-state index contributed by atoms with van der Waals surface area (Å²) in [4.78, 5) is 0.223. The van der Waals surface area contributed by atoms with E-state index in [4.69, 9.17) is 16.3 Å². The van der Waals surface area contributed by atoms with E-state index in [0.29, 0.717) is 18.9 Å². The molecule has 18 heavy (non-hydrogen) atoms. The van der Waals surface area contributed by atoms with E-state index in [-0.39, 0.29) is 10.9 Å². The van der Waals surface area contributed by atoms with Crippen molar-refractivity contribution in [2.45, 2.75) is 17.4 Å². The van der Waals surface area contributed by atoms with Crippen molar-refractivity contribution in [3.8, 4) is 0 Å². The van der Waals surface area contributed by atoms with Crippen LogP contribution in [0.4, 0.5) is 0 Å². The first-order chi connectivity index (χ1) is 8.49. The molecule has 0 bridgehead atoms. The van der Waals surface area contributed by atoms with Gasteiger partial charge in [0.15, 0.2) is 0 Å². The number of rotatable bonds is 7. The van der Waals surface area contributed by atoms with Gasteiger partial charge in [0.1, 0.15) is 0 Å². The van der Waals surface area contributed by atoms with Crippen molar-refractivity contribution in [2.24, 2.45) is 0 Å². The van der Waals surface area contributed by atoms with Crippen LogP contribution in [0.15, 0.2) is 33.6 Å². The highest BCUT2D eigenvalue weighted by atomic mass is 79.9. The number of nitrogens with one attached hydrogen (secondary N) is 1. The maximum atomic E-state index is 12.1. The van der Waals surface area contributed by atoms with Crippen LogP contribution >= 0.6 is 27.5 Å². The highest BCUT2D eigenvalue weighted by Crippen LogP contribution is 2.15. The molecular weight excluding hydrogens is 342 g/mol. The van der Waals surface area contributed by atoms with Crippen LogP contribution in [0.2, 0.25) is 0 Å². The topological polar surface area (TPSA) is 55.4 Å². The molecule has 0 heterocycles. The van der Waals surface area contributed by atoms with E-state index in [2.05, 4.69) is 20.7 Å². The van der Waals surface area contributed by atoms with Crippen molar-refractivity contribution in [3.05, 3.63) is 28.7 Å². The third kappa shape index (κ3) is 4.85. The zero-order valence-corrected chi connectivity index (χ0v) is 13.1. The van der Waals surface area contributed by atoms with Gasteiger partial charge in [-0.1, -0.05) is 15.9 Å². The molecule has 0 aliphatic heterocycles. The van der Waals surface area contributed by atoms with Crippen LogP contribution in [0.5, 0.6) is 0 Å². The van der Waals surface area contributed by atoms with Gasteiger partial charge in [-0.15, -0.1) is 11.6 Å². The number of benzene rings is 1. The van der Waals surface area contributed by atoms with Gasteiger partial charge in [-0.3, -0.25) is 0 Å². The lowest BCUT2D eigenvalue weighted by molar-refractivity contribution is 0.173. The van der Waals surface area contributed by atoms with E-state index in [1.54, 1.807) is 12.1 Å². The van der Waals surface area contributed by atoms with Crippen LogP contribution in [0.3, 0.4) is 0 Å². The fraction of sp³-hybridized carbons (Fsp3) is 0.455. The molecule has 7 heteroatoms. The summed E-state index contributed by atoms with van der Waals surface area (Å²) >= 11 is 8.89. The van der Waals surface area contributed by atoms with E-state index in [1.807, 2.05) is 0 Å². The molecule has 1 N–H and O–H groups in total. The van der Waals surface area contributed by atoms with Crippen molar-refractivity contribution in [1.82, 2.24) is 4.72 Å². The van der Waals surface area contributed by atoms with Gasteiger partial charge in [0.2, 0.25) is 10.0 Å². The van der Waals surface area contributed by atoms with Crippen molar-refractivity contribution < 1.29 is 13.2 Å². The Morgan fingerprint density at radius 1 is 1.39 bits per heavy atom. The third-order valence-electron chi connectivity index (χ3n) is 2.27. The summed E-state index contributed by atoms with van der Waals surface area (Å²) in [6, 6.07) is 6.12. The van der Waals surface area contributed by atoms with Crippen LogP contribution < -0.4 is 4.72 Å². The molecule has 0 radical (unpaired) electrons. The molecule has 1 unspecified atom stereocenters. The highest BCUT2D eigenvalue weighted by Gasteiger charge is 2.19. The summed E-state index contributed by atoms with van der Waals surface area (Å²) < 4.78 is 32.5. The monoisotopic (exact) mass is 355 g/mol. The normalized spacial score (nSPS) is 13.5. The average Bonchev–Trinajstić information content (AvgIpc) is 2.29. The second kappa shape index (κ2) is 7.45. The van der Waals surface area contributed by atoms with E-state index in [9.17, 15) is 8.42 Å². The second-order valence-corrected chi connectivity index (χ2v) is 6.71. The zero-order chi connectivity index (χ0) is 13.6. The lowest BCUT2D eigenvalue weighted by Crippen LogP contribution is -2.38. The number of ether oxygens (including phenoxy) is 1. The Kier molecular flexibility index (Phi) is 6.59. The Morgan fingerprint density at radius 2 is 2.00 bits per heavy atom. The van der Waals surface area contributed by atoms with Crippen LogP contribution in [0.1, 0.15) is 6.42 Å². The smallest absolute Gasteiger partial charge is 0.240 e. The van der Waals surface area contributed by atoms with Gasteiger partial charge in [-0.2, -0.15) is 0 Å². The minimum absolute atomic E-state index is 0.223. The molecule has 0 saturated carbocycles. The number of hydrogen-bond acceptors (Lipinski definition) is 3. The third-order valence-corrected chi connectivity index (χ3v) is 4.55. The first-order valence-electron chi connectivity index (χ1n) is 5.32. The lowest BCUT2D eigenvalue weighted by Gasteiger charge is -2.16. The largest absolute Gasteiger partial charge is 0.383 e. The first-order valence-corrected chi connectivity index (χ1v) is 8.13. The summed E-state index contributed by atoms with van der Waals surface area (Å²) in [7, 11) is -2.01. The molecule has 102 valence electrons. The summed E-state index contributed by atoms with van der Waals surface area (Å²) in [5.41, 5.74) is 0. The Hall–Kier alpha value is -0.140. The maximum Gasteiger partial charge on any atom is 0.240 e.